The van der Waals surface area contributed by atoms with E-state index in [1.807, 2.05) is 6.92 Å². The summed E-state index contributed by atoms with van der Waals surface area (Å²) < 4.78 is 13.6. The number of benzene rings is 1. The molecule has 0 heterocycles. The Morgan fingerprint density at radius 2 is 2.26 bits per heavy atom. The van der Waals surface area contributed by atoms with Gasteiger partial charge in [-0.15, -0.1) is 0 Å². The van der Waals surface area contributed by atoms with Gasteiger partial charge in [-0.2, -0.15) is 0 Å². The maximum absolute atomic E-state index is 13.6. The fourth-order valence-electron chi connectivity index (χ4n) is 2.66. The van der Waals surface area contributed by atoms with Crippen molar-refractivity contribution in [3.63, 3.8) is 0 Å². The van der Waals surface area contributed by atoms with Gasteiger partial charge < -0.3 is 11.1 Å². The fraction of sp³-hybridized carbons (Fsp3) is 0.533. The molecule has 0 aromatic heterocycles. The Morgan fingerprint density at radius 1 is 1.47 bits per heavy atom. The van der Waals surface area contributed by atoms with E-state index in [-0.39, 0.29) is 17.5 Å². The summed E-state index contributed by atoms with van der Waals surface area (Å²) in [5.41, 5.74) is 6.92. The van der Waals surface area contributed by atoms with Crippen LogP contribution in [0.3, 0.4) is 0 Å². The molecule has 104 valence electrons. The predicted octanol–water partition coefficient (Wildman–Crippen LogP) is 2.38. The van der Waals surface area contributed by atoms with E-state index in [0.717, 1.165) is 31.2 Å². The van der Waals surface area contributed by atoms with Crippen LogP contribution in [0.1, 0.15) is 41.6 Å². The van der Waals surface area contributed by atoms with Crippen molar-refractivity contribution >= 4 is 5.91 Å². The first-order chi connectivity index (χ1) is 9.06. The van der Waals surface area contributed by atoms with E-state index in [1.54, 1.807) is 12.1 Å². The summed E-state index contributed by atoms with van der Waals surface area (Å²) in [6.45, 7) is 2.43. The van der Waals surface area contributed by atoms with Crippen LogP contribution in [0.2, 0.25) is 0 Å². The molecular weight excluding hydrogens is 243 g/mol. The highest BCUT2D eigenvalue weighted by Gasteiger charge is 2.20. The predicted molar refractivity (Wildman–Crippen MR) is 73.4 cm³/mol. The van der Waals surface area contributed by atoms with E-state index in [9.17, 15) is 9.18 Å². The summed E-state index contributed by atoms with van der Waals surface area (Å²) in [6.07, 6.45) is 4.21. The van der Waals surface area contributed by atoms with Crippen LogP contribution in [-0.4, -0.2) is 18.5 Å². The van der Waals surface area contributed by atoms with E-state index < -0.39 is 5.82 Å². The SMILES string of the molecule is Cc1ccc(F)c(C(=O)NCC2CCCC(N)C2)c1. The van der Waals surface area contributed by atoms with Crippen molar-refractivity contribution in [2.45, 2.75) is 38.6 Å². The maximum atomic E-state index is 13.6. The number of aryl methyl sites for hydroxylation is 1. The lowest BCUT2D eigenvalue weighted by molar-refractivity contribution is 0.0938. The molecule has 0 bridgehead atoms. The summed E-state index contributed by atoms with van der Waals surface area (Å²) in [7, 11) is 0. The second-order valence-corrected chi connectivity index (χ2v) is 5.49. The number of amides is 1. The monoisotopic (exact) mass is 264 g/mol. The summed E-state index contributed by atoms with van der Waals surface area (Å²) >= 11 is 0. The number of halogens is 1. The highest BCUT2D eigenvalue weighted by molar-refractivity contribution is 5.94. The van der Waals surface area contributed by atoms with E-state index in [1.165, 1.54) is 6.07 Å². The average molecular weight is 264 g/mol. The first-order valence-electron chi connectivity index (χ1n) is 6.86. The highest BCUT2D eigenvalue weighted by Crippen LogP contribution is 2.22. The number of carbonyl (C=O) groups excluding carboxylic acids is 1. The molecule has 0 spiro atoms. The molecule has 2 unspecified atom stereocenters. The average Bonchev–Trinajstić information content (AvgIpc) is 2.39. The first kappa shape index (κ1) is 14.0. The van der Waals surface area contributed by atoms with Crippen molar-refractivity contribution in [1.29, 1.82) is 0 Å². The Kier molecular flexibility index (Phi) is 4.53. The number of nitrogens with one attached hydrogen (secondary N) is 1. The van der Waals surface area contributed by atoms with Crippen LogP contribution in [0.25, 0.3) is 0 Å². The van der Waals surface area contributed by atoms with Crippen LogP contribution in [-0.2, 0) is 0 Å². The van der Waals surface area contributed by atoms with Gasteiger partial charge in [-0.3, -0.25) is 4.79 Å². The summed E-state index contributed by atoms with van der Waals surface area (Å²) in [5.74, 6) is -0.385. The van der Waals surface area contributed by atoms with Gasteiger partial charge >= 0.3 is 0 Å². The van der Waals surface area contributed by atoms with Crippen molar-refractivity contribution in [3.05, 3.63) is 35.1 Å². The summed E-state index contributed by atoms with van der Waals surface area (Å²) in [5, 5.41) is 2.82. The minimum Gasteiger partial charge on any atom is -0.352 e. The van der Waals surface area contributed by atoms with Crippen molar-refractivity contribution in [1.82, 2.24) is 5.32 Å². The number of carbonyl (C=O) groups is 1. The van der Waals surface area contributed by atoms with Gasteiger partial charge in [0.25, 0.3) is 5.91 Å². The van der Waals surface area contributed by atoms with Crippen LogP contribution < -0.4 is 11.1 Å². The molecule has 1 saturated carbocycles. The second kappa shape index (κ2) is 6.15. The van der Waals surface area contributed by atoms with Gasteiger partial charge in [0.15, 0.2) is 0 Å². The molecule has 19 heavy (non-hydrogen) atoms. The zero-order valence-electron chi connectivity index (χ0n) is 11.3. The third-order valence-corrected chi connectivity index (χ3v) is 3.74. The van der Waals surface area contributed by atoms with Gasteiger partial charge in [0.2, 0.25) is 0 Å². The smallest absolute Gasteiger partial charge is 0.254 e. The van der Waals surface area contributed by atoms with E-state index in [2.05, 4.69) is 5.32 Å². The zero-order chi connectivity index (χ0) is 13.8. The lowest BCUT2D eigenvalue weighted by Crippen LogP contribution is -2.35. The number of hydrogen-bond acceptors (Lipinski definition) is 2. The van der Waals surface area contributed by atoms with Crippen molar-refractivity contribution in [3.8, 4) is 0 Å². The molecule has 4 heteroatoms. The summed E-state index contributed by atoms with van der Waals surface area (Å²) in [6, 6.07) is 4.82. The van der Waals surface area contributed by atoms with Crippen LogP contribution in [0.4, 0.5) is 4.39 Å². The van der Waals surface area contributed by atoms with Gasteiger partial charge in [-0.1, -0.05) is 18.1 Å². The van der Waals surface area contributed by atoms with Crippen LogP contribution >= 0.6 is 0 Å². The van der Waals surface area contributed by atoms with Gasteiger partial charge in [-0.05, 0) is 44.2 Å². The third-order valence-electron chi connectivity index (χ3n) is 3.74. The van der Waals surface area contributed by atoms with E-state index in [4.69, 9.17) is 5.73 Å². The number of rotatable bonds is 3. The maximum Gasteiger partial charge on any atom is 0.254 e. The molecule has 3 N–H and O–H groups in total. The molecule has 1 aromatic rings. The van der Waals surface area contributed by atoms with E-state index >= 15 is 0 Å². The topological polar surface area (TPSA) is 55.1 Å². The third kappa shape index (κ3) is 3.77. The minimum absolute atomic E-state index is 0.125. The Morgan fingerprint density at radius 3 is 3.00 bits per heavy atom. The van der Waals surface area contributed by atoms with Gasteiger partial charge in [-0.25, -0.2) is 4.39 Å². The summed E-state index contributed by atoms with van der Waals surface area (Å²) in [4.78, 5) is 12.0. The Hall–Kier alpha value is -1.42. The Labute approximate surface area is 113 Å². The zero-order valence-corrected chi connectivity index (χ0v) is 11.3. The molecule has 1 aromatic carbocycles. The molecule has 2 rings (SSSR count). The molecule has 1 aliphatic carbocycles. The normalized spacial score (nSPS) is 23.1. The fourth-order valence-corrected chi connectivity index (χ4v) is 2.66. The molecule has 3 nitrogen and oxygen atoms in total. The quantitative estimate of drug-likeness (QED) is 0.880. The molecule has 2 atom stereocenters. The molecule has 1 aliphatic rings. The van der Waals surface area contributed by atoms with E-state index in [0.29, 0.717) is 12.5 Å². The van der Waals surface area contributed by atoms with Crippen molar-refractivity contribution < 1.29 is 9.18 Å². The number of nitrogens with two attached hydrogens (primary N) is 1. The molecule has 1 amide bonds. The number of hydrogen-bond donors (Lipinski definition) is 2. The lowest BCUT2D eigenvalue weighted by atomic mass is 9.86. The molecular formula is C15H21FN2O. The molecule has 0 radical (unpaired) electrons. The van der Waals surface area contributed by atoms with Gasteiger partial charge in [0.05, 0.1) is 5.56 Å². The molecule has 0 aliphatic heterocycles. The van der Waals surface area contributed by atoms with Crippen LogP contribution in [0.15, 0.2) is 18.2 Å². The largest absolute Gasteiger partial charge is 0.352 e. The second-order valence-electron chi connectivity index (χ2n) is 5.49. The van der Waals surface area contributed by atoms with Gasteiger partial charge in [0, 0.05) is 12.6 Å². The highest BCUT2D eigenvalue weighted by atomic mass is 19.1. The van der Waals surface area contributed by atoms with Crippen LogP contribution in [0.5, 0.6) is 0 Å². The van der Waals surface area contributed by atoms with Crippen molar-refractivity contribution in [2.24, 2.45) is 11.7 Å². The Bertz CT molecular complexity index is 461. The van der Waals surface area contributed by atoms with Gasteiger partial charge in [0.1, 0.15) is 5.82 Å². The lowest BCUT2D eigenvalue weighted by Gasteiger charge is -2.26. The minimum atomic E-state index is -0.469. The standard InChI is InChI=1S/C15H21FN2O/c1-10-5-6-14(16)13(7-10)15(19)18-9-11-3-2-4-12(17)8-11/h5-7,11-12H,2-4,8-9,17H2,1H3,(H,18,19). The van der Waals surface area contributed by atoms with Crippen LogP contribution in [0, 0.1) is 18.7 Å². The molecule has 0 saturated heterocycles. The Balaban J connectivity index is 1.92. The molecule has 1 fully saturated rings. The first-order valence-corrected chi connectivity index (χ1v) is 6.86. The van der Waals surface area contributed by atoms with Crippen molar-refractivity contribution in [2.75, 3.05) is 6.54 Å².